The Morgan fingerprint density at radius 1 is 1.32 bits per heavy atom. The Bertz CT molecular complexity index is 535. The van der Waals surface area contributed by atoms with Gasteiger partial charge in [0, 0.05) is 5.56 Å². The average Bonchev–Trinajstić information content (AvgIpc) is 2.34. The number of nitrogens with zero attached hydrogens (tertiary/aromatic N) is 1. The van der Waals surface area contributed by atoms with Crippen molar-refractivity contribution in [3.8, 4) is 0 Å². The number of carbonyl (C=O) groups is 1. The Kier molecular flexibility index (Phi) is 4.94. The van der Waals surface area contributed by atoms with Crippen LogP contribution in [0.1, 0.15) is 26.3 Å². The lowest BCUT2D eigenvalue weighted by molar-refractivity contribution is -0.132. The first-order chi connectivity index (χ1) is 8.77. The molecule has 0 saturated heterocycles. The van der Waals surface area contributed by atoms with E-state index in [0.717, 1.165) is 0 Å². The van der Waals surface area contributed by atoms with Gasteiger partial charge in [-0.2, -0.15) is 4.40 Å². The Labute approximate surface area is 114 Å². The van der Waals surface area contributed by atoms with Crippen molar-refractivity contribution in [3.63, 3.8) is 0 Å². The Hall–Kier alpha value is -1.56. The van der Waals surface area contributed by atoms with Crippen molar-refractivity contribution in [1.82, 2.24) is 0 Å². The van der Waals surface area contributed by atoms with Crippen molar-refractivity contribution < 1.29 is 18.1 Å². The van der Waals surface area contributed by atoms with E-state index in [2.05, 4.69) is 9.13 Å². The number of rotatable bonds is 3. The maximum absolute atomic E-state index is 13.7. The van der Waals surface area contributed by atoms with Crippen LogP contribution in [0.3, 0.4) is 0 Å². The van der Waals surface area contributed by atoms with Gasteiger partial charge in [0.15, 0.2) is 5.71 Å². The van der Waals surface area contributed by atoms with E-state index in [1.807, 2.05) is 0 Å². The number of carbonyl (C=O) groups excluding carboxylic acids is 1. The predicted octanol–water partition coefficient (Wildman–Crippen LogP) is 2.25. The van der Waals surface area contributed by atoms with E-state index >= 15 is 0 Å². The quantitative estimate of drug-likeness (QED) is 0.632. The van der Waals surface area contributed by atoms with Crippen molar-refractivity contribution >= 4 is 22.7 Å². The summed E-state index contributed by atoms with van der Waals surface area (Å²) in [7, 11) is -0.512. The molecule has 1 aromatic rings. The number of hydrogen-bond acceptors (Lipinski definition) is 3. The summed E-state index contributed by atoms with van der Waals surface area (Å²) in [5.74, 6) is -1.43. The van der Waals surface area contributed by atoms with Gasteiger partial charge < -0.3 is 4.74 Å². The highest BCUT2D eigenvalue weighted by atomic mass is 32.2. The molecule has 0 aliphatic heterocycles. The lowest BCUT2D eigenvalue weighted by Crippen LogP contribution is -2.25. The molecular formula is C13H16FNO3S. The summed E-state index contributed by atoms with van der Waals surface area (Å²) in [5, 5.41) is 0. The Morgan fingerprint density at radius 3 is 2.37 bits per heavy atom. The fraction of sp³-hybridized carbons (Fsp3) is 0.385. The first-order valence-electron chi connectivity index (χ1n) is 5.61. The van der Waals surface area contributed by atoms with Gasteiger partial charge in [-0.25, -0.2) is 13.4 Å². The SMILES string of the molecule is COC(=O)/C(=N\[S@](=O)C(C)(C)C)c1ccccc1F. The molecule has 0 heterocycles. The van der Waals surface area contributed by atoms with Crippen LogP contribution in [0.5, 0.6) is 0 Å². The minimum Gasteiger partial charge on any atom is -0.464 e. The molecule has 104 valence electrons. The molecule has 0 fully saturated rings. The van der Waals surface area contributed by atoms with Crippen LogP contribution in [-0.4, -0.2) is 27.7 Å². The highest BCUT2D eigenvalue weighted by Crippen LogP contribution is 2.16. The number of halogens is 1. The zero-order chi connectivity index (χ0) is 14.6. The van der Waals surface area contributed by atoms with Crippen molar-refractivity contribution in [1.29, 1.82) is 0 Å². The molecule has 0 amide bonds. The summed E-state index contributed by atoms with van der Waals surface area (Å²) >= 11 is 0. The molecule has 6 heteroatoms. The number of methoxy groups -OCH3 is 1. The first kappa shape index (κ1) is 15.5. The molecule has 4 nitrogen and oxygen atoms in total. The van der Waals surface area contributed by atoms with Gasteiger partial charge in [0.2, 0.25) is 0 Å². The van der Waals surface area contributed by atoms with E-state index in [-0.39, 0.29) is 11.3 Å². The van der Waals surface area contributed by atoms with E-state index in [9.17, 15) is 13.4 Å². The predicted molar refractivity (Wildman–Crippen MR) is 72.8 cm³/mol. The Balaban J connectivity index is 3.32. The molecule has 0 saturated carbocycles. The second kappa shape index (κ2) is 6.06. The summed E-state index contributed by atoms with van der Waals surface area (Å²) in [6, 6.07) is 5.66. The third-order valence-electron chi connectivity index (χ3n) is 2.21. The zero-order valence-corrected chi connectivity index (χ0v) is 12.1. The smallest absolute Gasteiger partial charge is 0.358 e. The van der Waals surface area contributed by atoms with E-state index in [4.69, 9.17) is 0 Å². The lowest BCUT2D eigenvalue weighted by atomic mass is 10.1. The molecule has 0 N–H and O–H groups in total. The zero-order valence-electron chi connectivity index (χ0n) is 11.3. The van der Waals surface area contributed by atoms with Gasteiger partial charge in [-0.3, -0.25) is 0 Å². The standard InChI is InChI=1S/C13H16FNO3S/c1-13(2,3)19(17)15-11(12(16)18-4)9-7-5-6-8-10(9)14/h5-8H,1-4H3/b15-11-/t19-/m1/s1. The molecule has 19 heavy (non-hydrogen) atoms. The van der Waals surface area contributed by atoms with Crippen molar-refractivity contribution in [2.24, 2.45) is 4.40 Å². The molecule has 1 aromatic carbocycles. The molecule has 0 aromatic heterocycles. The molecule has 1 rings (SSSR count). The van der Waals surface area contributed by atoms with E-state index in [0.29, 0.717) is 0 Å². The van der Waals surface area contributed by atoms with Gasteiger partial charge in [-0.15, -0.1) is 0 Å². The third kappa shape index (κ3) is 3.96. The summed E-state index contributed by atoms with van der Waals surface area (Å²) in [6.07, 6.45) is 0. The van der Waals surface area contributed by atoms with Crippen molar-refractivity contribution in [3.05, 3.63) is 35.6 Å². The number of benzene rings is 1. The second-order valence-electron chi connectivity index (χ2n) is 4.77. The van der Waals surface area contributed by atoms with Gasteiger partial charge in [0.05, 0.1) is 11.9 Å². The largest absolute Gasteiger partial charge is 0.464 e. The molecule has 0 radical (unpaired) electrons. The molecule has 0 unspecified atom stereocenters. The van der Waals surface area contributed by atoms with E-state index in [1.165, 1.54) is 25.3 Å². The van der Waals surface area contributed by atoms with Gasteiger partial charge in [0.1, 0.15) is 16.8 Å². The number of esters is 1. The van der Waals surface area contributed by atoms with Crippen LogP contribution in [0.15, 0.2) is 28.7 Å². The maximum Gasteiger partial charge on any atom is 0.358 e. The lowest BCUT2D eigenvalue weighted by Gasteiger charge is -2.14. The van der Waals surface area contributed by atoms with Crippen molar-refractivity contribution in [2.45, 2.75) is 25.5 Å². The second-order valence-corrected chi connectivity index (χ2v) is 6.68. The molecule has 0 aliphatic carbocycles. The Morgan fingerprint density at radius 2 is 1.89 bits per heavy atom. The van der Waals surface area contributed by atoms with Crippen LogP contribution in [0.25, 0.3) is 0 Å². The fourth-order valence-electron chi connectivity index (χ4n) is 1.17. The van der Waals surface area contributed by atoms with Gasteiger partial charge >= 0.3 is 5.97 Å². The van der Waals surface area contributed by atoms with E-state index in [1.54, 1.807) is 26.8 Å². The van der Waals surface area contributed by atoms with Crippen LogP contribution >= 0.6 is 0 Å². The minimum atomic E-state index is -1.68. The molecule has 0 bridgehead atoms. The highest BCUT2D eigenvalue weighted by Gasteiger charge is 2.24. The van der Waals surface area contributed by atoms with Crippen LogP contribution in [-0.2, 0) is 20.5 Å². The summed E-state index contributed by atoms with van der Waals surface area (Å²) < 4.78 is 33.4. The highest BCUT2D eigenvalue weighted by molar-refractivity contribution is 7.85. The number of ether oxygens (including phenoxy) is 1. The first-order valence-corrected chi connectivity index (χ1v) is 6.72. The monoisotopic (exact) mass is 285 g/mol. The molecule has 0 spiro atoms. The fourth-order valence-corrected chi connectivity index (χ4v) is 1.78. The minimum absolute atomic E-state index is 0.0213. The molecular weight excluding hydrogens is 269 g/mol. The third-order valence-corrected chi connectivity index (χ3v) is 3.60. The van der Waals surface area contributed by atoms with Crippen LogP contribution in [0.4, 0.5) is 4.39 Å². The summed E-state index contributed by atoms with van der Waals surface area (Å²) in [4.78, 5) is 11.7. The normalized spacial score (nSPS) is 14.1. The van der Waals surface area contributed by atoms with E-state index < -0.39 is 27.5 Å². The van der Waals surface area contributed by atoms with Gasteiger partial charge in [-0.1, -0.05) is 12.1 Å². The van der Waals surface area contributed by atoms with Crippen LogP contribution in [0, 0.1) is 5.82 Å². The van der Waals surface area contributed by atoms with Crippen LogP contribution < -0.4 is 0 Å². The topological polar surface area (TPSA) is 55.7 Å². The van der Waals surface area contributed by atoms with Gasteiger partial charge in [0.25, 0.3) is 0 Å². The van der Waals surface area contributed by atoms with Crippen LogP contribution in [0.2, 0.25) is 0 Å². The molecule has 1 atom stereocenters. The van der Waals surface area contributed by atoms with Crippen molar-refractivity contribution in [2.75, 3.05) is 7.11 Å². The maximum atomic E-state index is 13.7. The summed E-state index contributed by atoms with van der Waals surface area (Å²) in [6.45, 7) is 5.13. The number of hydrogen-bond donors (Lipinski definition) is 0. The van der Waals surface area contributed by atoms with Gasteiger partial charge in [-0.05, 0) is 32.9 Å². The summed E-state index contributed by atoms with van der Waals surface area (Å²) in [5.41, 5.74) is -0.291. The molecule has 0 aliphatic rings. The average molecular weight is 285 g/mol.